The Labute approximate surface area is 114 Å². The Hall–Kier alpha value is -1.11. The van der Waals surface area contributed by atoms with Gasteiger partial charge < -0.3 is 10.6 Å². The fraction of sp³-hybridized carbons (Fsp3) is 0.538. The predicted molar refractivity (Wildman–Crippen MR) is 77.1 cm³/mol. The maximum Gasteiger partial charge on any atom is 0.216 e. The average molecular weight is 283 g/mol. The molecule has 0 amide bonds. The third-order valence-electron chi connectivity index (χ3n) is 3.31. The molecule has 1 unspecified atom stereocenters. The zero-order valence-electron chi connectivity index (χ0n) is 11.2. The molecule has 0 radical (unpaired) electrons. The number of sulfonamides is 1. The van der Waals surface area contributed by atoms with Crippen LogP contribution in [0.25, 0.3) is 0 Å². The van der Waals surface area contributed by atoms with Crippen molar-refractivity contribution in [3.05, 3.63) is 29.8 Å². The molecular formula is C13H21N3O2S. The van der Waals surface area contributed by atoms with E-state index in [0.717, 1.165) is 31.5 Å². The zero-order valence-corrected chi connectivity index (χ0v) is 12.0. The summed E-state index contributed by atoms with van der Waals surface area (Å²) in [6.45, 7) is 1.82. The summed E-state index contributed by atoms with van der Waals surface area (Å²) in [6, 6.07) is 6.97. The van der Waals surface area contributed by atoms with E-state index in [1.54, 1.807) is 24.3 Å². The standard InChI is InChI=1S/C13H21N3O2S/c1-16-8-2-3-13(9-16)15-19(17,18)10-11-4-6-12(14)7-5-11/h4-7,13,15H,2-3,8-10,14H2,1H3. The normalized spacial score (nSPS) is 21.4. The minimum atomic E-state index is -3.29. The third kappa shape index (κ3) is 4.49. The van der Waals surface area contributed by atoms with Crippen molar-refractivity contribution in [1.82, 2.24) is 9.62 Å². The van der Waals surface area contributed by atoms with Crippen molar-refractivity contribution in [2.24, 2.45) is 0 Å². The molecule has 5 nitrogen and oxygen atoms in total. The fourth-order valence-corrected chi connectivity index (χ4v) is 3.81. The number of likely N-dealkylation sites (tertiary alicyclic amines) is 1. The van der Waals surface area contributed by atoms with E-state index in [-0.39, 0.29) is 11.8 Å². The second-order valence-electron chi connectivity index (χ2n) is 5.22. The van der Waals surface area contributed by atoms with Crippen LogP contribution in [0.5, 0.6) is 0 Å². The maximum atomic E-state index is 12.1. The van der Waals surface area contributed by atoms with Gasteiger partial charge in [-0.25, -0.2) is 13.1 Å². The number of nitrogens with two attached hydrogens (primary N) is 1. The maximum absolute atomic E-state index is 12.1. The molecule has 0 saturated carbocycles. The molecule has 2 rings (SSSR count). The van der Waals surface area contributed by atoms with Gasteiger partial charge in [0.25, 0.3) is 0 Å². The number of nitrogens with zero attached hydrogens (tertiary/aromatic N) is 1. The molecule has 19 heavy (non-hydrogen) atoms. The van der Waals surface area contributed by atoms with Crippen molar-refractivity contribution in [2.45, 2.75) is 24.6 Å². The van der Waals surface area contributed by atoms with E-state index in [0.29, 0.717) is 5.69 Å². The number of nitrogens with one attached hydrogen (secondary N) is 1. The largest absolute Gasteiger partial charge is 0.399 e. The van der Waals surface area contributed by atoms with E-state index in [1.807, 2.05) is 7.05 Å². The Morgan fingerprint density at radius 3 is 2.68 bits per heavy atom. The van der Waals surface area contributed by atoms with Crippen LogP contribution >= 0.6 is 0 Å². The molecule has 1 aliphatic heterocycles. The van der Waals surface area contributed by atoms with E-state index in [9.17, 15) is 8.42 Å². The Kier molecular flexibility index (Phi) is 4.44. The Morgan fingerprint density at radius 2 is 2.05 bits per heavy atom. The van der Waals surface area contributed by atoms with Crippen LogP contribution in [-0.4, -0.2) is 39.5 Å². The van der Waals surface area contributed by atoms with Gasteiger partial charge in [0.1, 0.15) is 0 Å². The molecule has 0 bridgehead atoms. The second-order valence-corrected chi connectivity index (χ2v) is 6.97. The molecule has 1 fully saturated rings. The molecule has 3 N–H and O–H groups in total. The van der Waals surface area contributed by atoms with Crippen LogP contribution in [0, 0.1) is 0 Å². The topological polar surface area (TPSA) is 75.4 Å². The summed E-state index contributed by atoms with van der Waals surface area (Å²) in [5, 5.41) is 0. The van der Waals surface area contributed by atoms with Gasteiger partial charge in [0.15, 0.2) is 0 Å². The predicted octanol–water partition coefficient (Wildman–Crippen LogP) is 0.782. The van der Waals surface area contributed by atoms with Crippen molar-refractivity contribution in [1.29, 1.82) is 0 Å². The third-order valence-corrected chi connectivity index (χ3v) is 4.71. The Balaban J connectivity index is 1.96. The number of likely N-dealkylation sites (N-methyl/N-ethyl adjacent to an activating group) is 1. The first-order valence-corrected chi connectivity index (χ1v) is 8.13. The van der Waals surface area contributed by atoms with Crippen LogP contribution in [0.3, 0.4) is 0 Å². The van der Waals surface area contributed by atoms with E-state index in [1.165, 1.54) is 0 Å². The summed E-state index contributed by atoms with van der Waals surface area (Å²) in [4.78, 5) is 2.15. The molecule has 1 atom stereocenters. The number of rotatable bonds is 4. The van der Waals surface area contributed by atoms with E-state index in [4.69, 9.17) is 5.73 Å². The Morgan fingerprint density at radius 1 is 1.37 bits per heavy atom. The van der Waals surface area contributed by atoms with Crippen LogP contribution < -0.4 is 10.5 Å². The molecule has 6 heteroatoms. The monoisotopic (exact) mass is 283 g/mol. The summed E-state index contributed by atoms with van der Waals surface area (Å²) >= 11 is 0. The van der Waals surface area contributed by atoms with Crippen LogP contribution in [-0.2, 0) is 15.8 Å². The molecule has 1 aliphatic rings. The fourth-order valence-electron chi connectivity index (χ4n) is 2.39. The first-order chi connectivity index (χ1) is 8.94. The average Bonchev–Trinajstić information content (AvgIpc) is 2.31. The molecule has 1 heterocycles. The SMILES string of the molecule is CN1CCCC(NS(=O)(=O)Cc2ccc(N)cc2)C1. The molecule has 106 valence electrons. The number of piperidine rings is 1. The highest BCUT2D eigenvalue weighted by Gasteiger charge is 2.22. The van der Waals surface area contributed by atoms with Gasteiger partial charge in [0.05, 0.1) is 5.75 Å². The van der Waals surface area contributed by atoms with Crippen molar-refractivity contribution < 1.29 is 8.42 Å². The highest BCUT2D eigenvalue weighted by molar-refractivity contribution is 7.88. The molecular weight excluding hydrogens is 262 g/mol. The van der Waals surface area contributed by atoms with E-state index < -0.39 is 10.0 Å². The van der Waals surface area contributed by atoms with Gasteiger partial charge in [0, 0.05) is 18.3 Å². The van der Waals surface area contributed by atoms with Gasteiger partial charge in [-0.05, 0) is 44.1 Å². The molecule has 0 aliphatic carbocycles. The molecule has 1 saturated heterocycles. The summed E-state index contributed by atoms with van der Waals surface area (Å²) in [7, 11) is -1.27. The molecule has 1 aromatic carbocycles. The Bertz CT molecular complexity index is 513. The minimum Gasteiger partial charge on any atom is -0.399 e. The first kappa shape index (κ1) is 14.3. The summed E-state index contributed by atoms with van der Waals surface area (Å²) in [6.07, 6.45) is 1.94. The van der Waals surface area contributed by atoms with E-state index >= 15 is 0 Å². The van der Waals surface area contributed by atoms with Gasteiger partial charge in [0.2, 0.25) is 10.0 Å². The molecule has 0 spiro atoms. The lowest BCUT2D eigenvalue weighted by atomic mass is 10.1. The molecule has 0 aromatic heterocycles. The van der Waals surface area contributed by atoms with Crippen LogP contribution in [0.1, 0.15) is 18.4 Å². The van der Waals surface area contributed by atoms with Gasteiger partial charge in [-0.1, -0.05) is 12.1 Å². The zero-order chi connectivity index (χ0) is 13.9. The number of nitrogen functional groups attached to an aromatic ring is 1. The highest BCUT2D eigenvalue weighted by Crippen LogP contribution is 2.12. The van der Waals surface area contributed by atoms with Gasteiger partial charge in [-0.15, -0.1) is 0 Å². The first-order valence-electron chi connectivity index (χ1n) is 6.47. The smallest absolute Gasteiger partial charge is 0.216 e. The van der Waals surface area contributed by atoms with Crippen molar-refractivity contribution in [3.8, 4) is 0 Å². The summed E-state index contributed by atoms with van der Waals surface area (Å²) < 4.78 is 27.0. The summed E-state index contributed by atoms with van der Waals surface area (Å²) in [5.41, 5.74) is 6.98. The number of hydrogen-bond acceptors (Lipinski definition) is 4. The van der Waals surface area contributed by atoms with Crippen molar-refractivity contribution in [2.75, 3.05) is 25.9 Å². The number of benzene rings is 1. The number of hydrogen-bond donors (Lipinski definition) is 2. The lowest BCUT2D eigenvalue weighted by Crippen LogP contribution is -2.46. The van der Waals surface area contributed by atoms with Gasteiger partial charge in [-0.2, -0.15) is 0 Å². The highest BCUT2D eigenvalue weighted by atomic mass is 32.2. The van der Waals surface area contributed by atoms with Crippen LogP contribution in [0.2, 0.25) is 0 Å². The number of anilines is 1. The minimum absolute atomic E-state index is 0.00743. The van der Waals surface area contributed by atoms with Crippen molar-refractivity contribution >= 4 is 15.7 Å². The van der Waals surface area contributed by atoms with E-state index in [2.05, 4.69) is 9.62 Å². The lowest BCUT2D eigenvalue weighted by molar-refractivity contribution is 0.242. The van der Waals surface area contributed by atoms with Gasteiger partial charge in [-0.3, -0.25) is 0 Å². The van der Waals surface area contributed by atoms with Gasteiger partial charge >= 0.3 is 0 Å². The second kappa shape index (κ2) is 5.90. The van der Waals surface area contributed by atoms with Crippen LogP contribution in [0.4, 0.5) is 5.69 Å². The molecule has 1 aromatic rings. The van der Waals surface area contributed by atoms with Crippen LogP contribution in [0.15, 0.2) is 24.3 Å². The quantitative estimate of drug-likeness (QED) is 0.801. The summed E-state index contributed by atoms with van der Waals surface area (Å²) in [5.74, 6) is 0.00743. The lowest BCUT2D eigenvalue weighted by Gasteiger charge is -2.29. The van der Waals surface area contributed by atoms with Crippen molar-refractivity contribution in [3.63, 3.8) is 0 Å².